The van der Waals surface area contributed by atoms with Crippen LogP contribution in [0.5, 0.6) is 0 Å². The first kappa shape index (κ1) is 17.4. The van der Waals surface area contributed by atoms with Crippen molar-refractivity contribution in [1.82, 2.24) is 0 Å². The van der Waals surface area contributed by atoms with Gasteiger partial charge >= 0.3 is 0 Å². The average Bonchev–Trinajstić information content (AvgIpc) is 3.26. The standard InChI is InChI=1S/C20H14Cl2N2OS/c21-16-6-3-5-14(19(16)22)17-9-8-12(25-17)11-24-20-15(10-23)13-4-1-2-7-18(13)26-20/h3,5-6,8-9,11H,1-2,4,7H2/b24-11+. The van der Waals surface area contributed by atoms with Crippen molar-refractivity contribution in [3.05, 3.63) is 62.1 Å². The molecule has 0 unspecified atom stereocenters. The number of aryl methyl sites for hydroxylation is 1. The lowest BCUT2D eigenvalue weighted by atomic mass is 9.96. The van der Waals surface area contributed by atoms with E-state index in [1.165, 1.54) is 16.9 Å². The van der Waals surface area contributed by atoms with Crippen LogP contribution in [0.15, 0.2) is 39.7 Å². The predicted octanol–water partition coefficient (Wildman–Crippen LogP) is 6.82. The van der Waals surface area contributed by atoms with Crippen LogP contribution in [-0.4, -0.2) is 6.21 Å². The van der Waals surface area contributed by atoms with Crippen LogP contribution in [-0.2, 0) is 12.8 Å². The molecule has 0 N–H and O–H groups in total. The summed E-state index contributed by atoms with van der Waals surface area (Å²) in [5, 5.41) is 11.2. The molecule has 130 valence electrons. The summed E-state index contributed by atoms with van der Waals surface area (Å²) in [6.07, 6.45) is 6.00. The lowest BCUT2D eigenvalue weighted by molar-refractivity contribution is 0.575. The first-order chi connectivity index (χ1) is 12.7. The van der Waals surface area contributed by atoms with Gasteiger partial charge in [0.15, 0.2) is 0 Å². The van der Waals surface area contributed by atoms with Crippen LogP contribution in [0.4, 0.5) is 5.00 Å². The fourth-order valence-corrected chi connectivity index (χ4v) is 4.72. The number of hydrogen-bond donors (Lipinski definition) is 0. The smallest absolute Gasteiger partial charge is 0.145 e. The van der Waals surface area contributed by atoms with E-state index >= 15 is 0 Å². The minimum Gasteiger partial charge on any atom is -0.455 e. The molecule has 0 amide bonds. The molecule has 2 aromatic heterocycles. The molecule has 1 aliphatic carbocycles. The minimum atomic E-state index is 0.463. The van der Waals surface area contributed by atoms with E-state index in [1.807, 2.05) is 24.3 Å². The Hall–Kier alpha value is -2.06. The summed E-state index contributed by atoms with van der Waals surface area (Å²) in [7, 11) is 0. The highest BCUT2D eigenvalue weighted by Gasteiger charge is 2.20. The van der Waals surface area contributed by atoms with E-state index in [2.05, 4.69) is 11.1 Å². The second-order valence-electron chi connectivity index (χ2n) is 6.06. The van der Waals surface area contributed by atoms with Crippen molar-refractivity contribution in [2.45, 2.75) is 25.7 Å². The second-order valence-corrected chi connectivity index (χ2v) is 7.93. The van der Waals surface area contributed by atoms with Crippen molar-refractivity contribution >= 4 is 45.8 Å². The van der Waals surface area contributed by atoms with Crippen LogP contribution in [0.2, 0.25) is 10.0 Å². The zero-order valence-electron chi connectivity index (χ0n) is 13.8. The van der Waals surface area contributed by atoms with Crippen molar-refractivity contribution in [3.8, 4) is 17.4 Å². The predicted molar refractivity (Wildman–Crippen MR) is 107 cm³/mol. The number of thiophene rings is 1. The molecular formula is C20H14Cl2N2OS. The van der Waals surface area contributed by atoms with Gasteiger partial charge in [-0.15, -0.1) is 11.3 Å². The Morgan fingerprint density at radius 1 is 1.15 bits per heavy atom. The average molecular weight is 401 g/mol. The first-order valence-corrected chi connectivity index (χ1v) is 9.87. The highest BCUT2D eigenvalue weighted by molar-refractivity contribution is 7.16. The lowest BCUT2D eigenvalue weighted by Gasteiger charge is -2.09. The molecule has 0 fully saturated rings. The van der Waals surface area contributed by atoms with Crippen LogP contribution in [0.25, 0.3) is 11.3 Å². The third-order valence-corrected chi connectivity index (χ3v) is 6.44. The van der Waals surface area contributed by atoms with Crippen LogP contribution < -0.4 is 0 Å². The summed E-state index contributed by atoms with van der Waals surface area (Å²) in [6, 6.07) is 11.4. The van der Waals surface area contributed by atoms with E-state index in [0.29, 0.717) is 27.1 Å². The molecule has 0 spiro atoms. The first-order valence-electron chi connectivity index (χ1n) is 8.30. The van der Waals surface area contributed by atoms with Gasteiger partial charge in [-0.2, -0.15) is 5.26 Å². The molecule has 0 radical (unpaired) electrons. The number of halogens is 2. The number of nitrogens with zero attached hydrogens (tertiary/aromatic N) is 2. The van der Waals surface area contributed by atoms with Crippen LogP contribution in [0.3, 0.4) is 0 Å². The van der Waals surface area contributed by atoms with Gasteiger partial charge in [0, 0.05) is 10.4 Å². The molecule has 0 bridgehead atoms. The highest BCUT2D eigenvalue weighted by atomic mass is 35.5. The monoisotopic (exact) mass is 400 g/mol. The molecule has 6 heteroatoms. The normalized spacial score (nSPS) is 13.7. The maximum atomic E-state index is 9.50. The zero-order chi connectivity index (χ0) is 18.1. The Labute approximate surface area is 165 Å². The number of furan rings is 1. The summed E-state index contributed by atoms with van der Waals surface area (Å²) in [6.45, 7) is 0. The van der Waals surface area contributed by atoms with Gasteiger partial charge in [0.2, 0.25) is 0 Å². The van der Waals surface area contributed by atoms with Gasteiger partial charge in [0.25, 0.3) is 0 Å². The molecule has 4 rings (SSSR count). The Kier molecular flexibility index (Phi) is 4.86. The summed E-state index contributed by atoms with van der Waals surface area (Å²) in [5.74, 6) is 1.23. The SMILES string of the molecule is N#Cc1c(/N=C/c2ccc(-c3cccc(Cl)c3Cl)o2)sc2c1CCCC2. The largest absolute Gasteiger partial charge is 0.455 e. The van der Waals surface area contributed by atoms with E-state index in [0.717, 1.165) is 29.8 Å². The zero-order valence-corrected chi connectivity index (χ0v) is 16.1. The topological polar surface area (TPSA) is 49.3 Å². The van der Waals surface area contributed by atoms with Crippen molar-refractivity contribution in [2.75, 3.05) is 0 Å². The molecule has 0 atom stereocenters. The molecule has 26 heavy (non-hydrogen) atoms. The Morgan fingerprint density at radius 3 is 2.85 bits per heavy atom. The van der Waals surface area contributed by atoms with Crippen molar-refractivity contribution in [2.24, 2.45) is 4.99 Å². The maximum absolute atomic E-state index is 9.50. The second kappa shape index (κ2) is 7.28. The maximum Gasteiger partial charge on any atom is 0.145 e. The highest BCUT2D eigenvalue weighted by Crippen LogP contribution is 2.39. The number of aliphatic imine (C=N–C) groups is 1. The molecule has 3 nitrogen and oxygen atoms in total. The summed E-state index contributed by atoms with van der Waals surface area (Å²) in [5.41, 5.74) is 2.63. The Morgan fingerprint density at radius 2 is 2.00 bits per heavy atom. The quantitative estimate of drug-likeness (QED) is 0.452. The number of rotatable bonds is 3. The Bertz CT molecular complexity index is 1040. The van der Waals surface area contributed by atoms with Gasteiger partial charge < -0.3 is 4.42 Å². The van der Waals surface area contributed by atoms with Gasteiger partial charge in [0.1, 0.15) is 22.6 Å². The molecule has 3 aromatic rings. The summed E-state index contributed by atoms with van der Waals surface area (Å²) >= 11 is 13.9. The van der Waals surface area contributed by atoms with Gasteiger partial charge in [-0.3, -0.25) is 0 Å². The van der Waals surface area contributed by atoms with Crippen LogP contribution >= 0.6 is 34.5 Å². The van der Waals surface area contributed by atoms with E-state index in [1.54, 1.807) is 23.6 Å². The summed E-state index contributed by atoms with van der Waals surface area (Å²) < 4.78 is 5.83. The van der Waals surface area contributed by atoms with E-state index in [4.69, 9.17) is 27.6 Å². The molecular weight excluding hydrogens is 387 g/mol. The number of fused-ring (bicyclic) bond motifs is 1. The fraction of sp³-hybridized carbons (Fsp3) is 0.200. The molecule has 0 aliphatic heterocycles. The van der Waals surface area contributed by atoms with Crippen LogP contribution in [0, 0.1) is 11.3 Å². The minimum absolute atomic E-state index is 0.463. The van der Waals surface area contributed by atoms with Gasteiger partial charge in [-0.05, 0) is 55.5 Å². The molecule has 1 aliphatic rings. The van der Waals surface area contributed by atoms with E-state index < -0.39 is 0 Å². The molecule has 0 saturated heterocycles. The Balaban J connectivity index is 1.63. The molecule has 0 saturated carbocycles. The summed E-state index contributed by atoms with van der Waals surface area (Å²) in [4.78, 5) is 5.81. The van der Waals surface area contributed by atoms with E-state index in [-0.39, 0.29) is 0 Å². The third-order valence-electron chi connectivity index (χ3n) is 4.42. The number of benzene rings is 1. The van der Waals surface area contributed by atoms with Gasteiger partial charge in [0.05, 0.1) is 21.8 Å². The van der Waals surface area contributed by atoms with Crippen LogP contribution in [0.1, 0.15) is 34.6 Å². The van der Waals surface area contributed by atoms with Gasteiger partial charge in [-0.25, -0.2) is 4.99 Å². The number of nitriles is 1. The fourth-order valence-electron chi connectivity index (χ4n) is 3.14. The lowest BCUT2D eigenvalue weighted by Crippen LogP contribution is -1.99. The van der Waals surface area contributed by atoms with Crippen molar-refractivity contribution in [3.63, 3.8) is 0 Å². The van der Waals surface area contributed by atoms with E-state index in [9.17, 15) is 5.26 Å². The molecule has 1 aromatic carbocycles. The van der Waals surface area contributed by atoms with Gasteiger partial charge in [-0.1, -0.05) is 29.3 Å². The molecule has 2 heterocycles. The number of hydrogen-bond acceptors (Lipinski definition) is 4. The third kappa shape index (κ3) is 3.19. The van der Waals surface area contributed by atoms with Crippen molar-refractivity contribution < 1.29 is 4.42 Å². The van der Waals surface area contributed by atoms with Crippen molar-refractivity contribution in [1.29, 1.82) is 5.26 Å².